The van der Waals surface area contributed by atoms with E-state index in [9.17, 15) is 4.79 Å². The van der Waals surface area contributed by atoms with Crippen molar-refractivity contribution in [3.8, 4) is 0 Å². The van der Waals surface area contributed by atoms with Gasteiger partial charge in [-0.05, 0) is 6.92 Å². The van der Waals surface area contributed by atoms with Crippen molar-refractivity contribution in [2.75, 3.05) is 0 Å². The number of carboxylic acid groups (broad SMARTS) is 1. The molecule has 7 nitrogen and oxygen atoms in total. The maximum absolute atomic E-state index is 9.45. The van der Waals surface area contributed by atoms with Crippen molar-refractivity contribution in [3.05, 3.63) is 0 Å². The number of aliphatic hydroxyl groups is 1. The Labute approximate surface area is 85.1 Å². The van der Waals surface area contributed by atoms with Crippen LogP contribution in [0.25, 0.3) is 0 Å². The van der Waals surface area contributed by atoms with Crippen LogP contribution in [-0.2, 0) is 15.2 Å². The number of rotatable bonds is 1. The first kappa shape index (κ1) is 18.0. The molecule has 0 heterocycles. The third-order valence-electron chi connectivity index (χ3n) is 0.357. The average Bonchev–Trinajstić information content (AvgIpc) is 1.59. The van der Waals surface area contributed by atoms with Crippen LogP contribution in [0.3, 0.4) is 0 Å². The number of hydrogen-bond donors (Lipinski definition) is 2. The molecule has 0 aromatic heterocycles. The zero-order valence-electron chi connectivity index (χ0n) is 6.13. The Kier molecular flexibility index (Phi) is 11.5. The van der Waals surface area contributed by atoms with Gasteiger partial charge < -0.3 is 19.3 Å². The van der Waals surface area contributed by atoms with Gasteiger partial charge in [-0.2, -0.15) is 0 Å². The van der Waals surface area contributed by atoms with E-state index in [0.717, 1.165) is 0 Å². The van der Waals surface area contributed by atoms with Crippen molar-refractivity contribution < 1.29 is 32.5 Å². The standard InChI is InChI=1S/C3H6O3.Mg.H2O4S/c1-2(4)3(5)6;;1-5(2,3)4/h2,4H,1H3,(H,5,6);;(H2,1,2,3,4)/q;+2;/p-2. The number of carboxylic acids is 1. The Hall–Kier alpha value is 0.0662. The first-order chi connectivity index (χ1) is 4.64. The molecule has 0 aliphatic carbocycles. The van der Waals surface area contributed by atoms with Crippen molar-refractivity contribution >= 4 is 39.4 Å². The van der Waals surface area contributed by atoms with Crippen LogP contribution in [0.5, 0.6) is 0 Å². The second-order valence-corrected chi connectivity index (χ2v) is 2.24. The summed E-state index contributed by atoms with van der Waals surface area (Å²) < 4.78 is 34.1. The van der Waals surface area contributed by atoms with Crippen LogP contribution in [0.1, 0.15) is 6.92 Å². The number of hydrogen-bond acceptors (Lipinski definition) is 6. The van der Waals surface area contributed by atoms with Crippen molar-refractivity contribution in [2.24, 2.45) is 0 Å². The second kappa shape index (κ2) is 7.70. The van der Waals surface area contributed by atoms with Crippen molar-refractivity contribution in [3.63, 3.8) is 0 Å². The Morgan fingerprint density at radius 1 is 1.42 bits per heavy atom. The van der Waals surface area contributed by atoms with Crippen LogP contribution < -0.4 is 0 Å². The summed E-state index contributed by atoms with van der Waals surface area (Å²) in [4.78, 5) is 9.45. The molecule has 68 valence electrons. The van der Waals surface area contributed by atoms with Gasteiger partial charge in [0, 0.05) is 10.4 Å². The van der Waals surface area contributed by atoms with Gasteiger partial charge in [-0.3, -0.25) is 8.42 Å². The Morgan fingerprint density at radius 3 is 1.50 bits per heavy atom. The normalized spacial score (nSPS) is 11.7. The predicted octanol–water partition coefficient (Wildman–Crippen LogP) is -2.27. The maximum atomic E-state index is 9.45. The molecule has 0 radical (unpaired) electrons. The van der Waals surface area contributed by atoms with E-state index in [1.165, 1.54) is 6.92 Å². The summed E-state index contributed by atoms with van der Waals surface area (Å²) in [5, 5.41) is 15.8. The molecule has 2 N–H and O–H groups in total. The van der Waals surface area contributed by atoms with E-state index in [-0.39, 0.29) is 23.1 Å². The van der Waals surface area contributed by atoms with Gasteiger partial charge in [-0.1, -0.05) is 0 Å². The van der Waals surface area contributed by atoms with Gasteiger partial charge in [0.1, 0.15) is 6.10 Å². The fourth-order valence-electron chi connectivity index (χ4n) is 0. The molecule has 1 atom stereocenters. The quantitative estimate of drug-likeness (QED) is 0.283. The molecule has 0 fully saturated rings. The van der Waals surface area contributed by atoms with Gasteiger partial charge in [0.2, 0.25) is 0 Å². The molecule has 0 aromatic carbocycles. The number of aliphatic carboxylic acids is 1. The van der Waals surface area contributed by atoms with Gasteiger partial charge in [-0.25, -0.2) is 4.79 Å². The molecule has 1 unspecified atom stereocenters. The molecule has 0 amide bonds. The topological polar surface area (TPSA) is 138 Å². The predicted molar refractivity (Wildman–Crippen MR) is 35.5 cm³/mol. The SMILES string of the molecule is CC(O)C(=O)O.O=S(=O)([O-])[O-].[Mg+2]. The summed E-state index contributed by atoms with van der Waals surface area (Å²) in [5.41, 5.74) is 0. The average molecular weight is 210 g/mol. The first-order valence-electron chi connectivity index (χ1n) is 2.22. The monoisotopic (exact) mass is 210 g/mol. The molecule has 12 heavy (non-hydrogen) atoms. The molecule has 0 rings (SSSR count). The zero-order chi connectivity index (χ0) is 9.65. The van der Waals surface area contributed by atoms with Gasteiger partial charge in [0.05, 0.1) is 0 Å². The van der Waals surface area contributed by atoms with E-state index in [0.29, 0.717) is 0 Å². The fourth-order valence-corrected chi connectivity index (χ4v) is 0. The fraction of sp³-hybridized carbons (Fsp3) is 0.667. The summed E-state index contributed by atoms with van der Waals surface area (Å²) in [5.74, 6) is -1.19. The largest absolute Gasteiger partial charge is 2.00 e. The molecule has 0 aromatic rings. The van der Waals surface area contributed by atoms with E-state index in [2.05, 4.69) is 0 Å². The first-order valence-corrected chi connectivity index (χ1v) is 3.55. The van der Waals surface area contributed by atoms with Gasteiger partial charge >= 0.3 is 29.0 Å². The third-order valence-corrected chi connectivity index (χ3v) is 0.357. The van der Waals surface area contributed by atoms with E-state index >= 15 is 0 Å². The van der Waals surface area contributed by atoms with Gasteiger partial charge in [0.25, 0.3) is 0 Å². The van der Waals surface area contributed by atoms with Gasteiger partial charge in [0.15, 0.2) is 0 Å². The molecule has 0 bridgehead atoms. The Bertz CT molecular complexity index is 199. The summed E-state index contributed by atoms with van der Waals surface area (Å²) in [7, 11) is -5.17. The second-order valence-electron chi connectivity index (χ2n) is 1.42. The van der Waals surface area contributed by atoms with Gasteiger partial charge in [-0.15, -0.1) is 0 Å². The summed E-state index contributed by atoms with van der Waals surface area (Å²) >= 11 is 0. The van der Waals surface area contributed by atoms with Crippen LogP contribution in [0, 0.1) is 0 Å². The third kappa shape index (κ3) is 50.0. The molecule has 0 saturated heterocycles. The van der Waals surface area contributed by atoms with Crippen LogP contribution in [-0.4, -0.2) is 62.9 Å². The summed E-state index contributed by atoms with van der Waals surface area (Å²) in [6, 6.07) is 0. The summed E-state index contributed by atoms with van der Waals surface area (Å²) in [6.45, 7) is 1.20. The summed E-state index contributed by atoms with van der Waals surface area (Å²) in [6.07, 6.45) is -1.23. The molecule has 0 saturated carbocycles. The zero-order valence-corrected chi connectivity index (χ0v) is 8.36. The van der Waals surface area contributed by atoms with Crippen LogP contribution in [0.2, 0.25) is 0 Å². The number of carbonyl (C=O) groups is 1. The molecule has 9 heteroatoms. The minimum absolute atomic E-state index is 0. The van der Waals surface area contributed by atoms with E-state index in [1.54, 1.807) is 0 Å². The smallest absolute Gasteiger partial charge is 0.759 e. The van der Waals surface area contributed by atoms with Crippen molar-refractivity contribution in [2.45, 2.75) is 13.0 Å². The molecule has 0 spiro atoms. The molecular weight excluding hydrogens is 204 g/mol. The van der Waals surface area contributed by atoms with E-state index in [4.69, 9.17) is 27.7 Å². The molecule has 0 aliphatic heterocycles. The Balaban J connectivity index is -0.000000126. The van der Waals surface area contributed by atoms with Crippen LogP contribution in [0.15, 0.2) is 0 Å². The van der Waals surface area contributed by atoms with Crippen molar-refractivity contribution in [1.29, 1.82) is 0 Å². The number of aliphatic hydroxyl groups excluding tert-OH is 1. The van der Waals surface area contributed by atoms with Crippen LogP contribution in [0.4, 0.5) is 0 Å². The maximum Gasteiger partial charge on any atom is 2.00 e. The molecule has 0 aliphatic rings. The minimum atomic E-state index is -5.17. The Morgan fingerprint density at radius 2 is 1.50 bits per heavy atom. The van der Waals surface area contributed by atoms with Crippen molar-refractivity contribution in [1.82, 2.24) is 0 Å². The van der Waals surface area contributed by atoms with E-state index in [1.807, 2.05) is 0 Å². The molecular formula is C3H6MgO7S. The minimum Gasteiger partial charge on any atom is -0.759 e. The van der Waals surface area contributed by atoms with Crippen LogP contribution >= 0.6 is 0 Å². The van der Waals surface area contributed by atoms with E-state index < -0.39 is 22.5 Å².